The van der Waals surface area contributed by atoms with Crippen molar-refractivity contribution in [3.63, 3.8) is 0 Å². The summed E-state index contributed by atoms with van der Waals surface area (Å²) in [5, 5.41) is 0. The van der Waals surface area contributed by atoms with Gasteiger partial charge in [0.25, 0.3) is 0 Å². The summed E-state index contributed by atoms with van der Waals surface area (Å²) in [5.74, 6) is 1.04. The summed E-state index contributed by atoms with van der Waals surface area (Å²) in [6.45, 7) is 0. The van der Waals surface area contributed by atoms with Crippen molar-refractivity contribution in [1.29, 1.82) is 0 Å². The Hall–Kier alpha value is -9.31. The monoisotopic (exact) mass is 913 g/mol. The quantitative estimate of drug-likeness (QED) is 0.172. The highest BCUT2D eigenvalue weighted by atomic mass is 15.2. The Bertz CT molecular complexity index is 4130. The number of fused-ring (bicyclic) bond motifs is 22. The Labute approximate surface area is 418 Å². The number of nitrogens with zero attached hydrogens (tertiary/aromatic N) is 3. The lowest BCUT2D eigenvalue weighted by molar-refractivity contribution is 0.738. The van der Waals surface area contributed by atoms with E-state index in [-0.39, 0.29) is 0 Å². The van der Waals surface area contributed by atoms with E-state index in [1.54, 1.807) is 0 Å². The van der Waals surface area contributed by atoms with Crippen molar-refractivity contribution in [2.45, 2.75) is 10.8 Å². The predicted molar refractivity (Wildman–Crippen MR) is 294 cm³/mol. The van der Waals surface area contributed by atoms with Gasteiger partial charge in [-0.05, 0) is 150 Å². The third-order valence-corrected chi connectivity index (χ3v) is 16.4. The smallest absolute Gasteiger partial charge is 0.134 e. The van der Waals surface area contributed by atoms with Crippen LogP contribution in [0, 0.1) is 0 Å². The minimum absolute atomic E-state index is 0.420. The van der Waals surface area contributed by atoms with Crippen molar-refractivity contribution in [2.75, 3.05) is 4.90 Å². The summed E-state index contributed by atoms with van der Waals surface area (Å²) in [5.41, 5.74) is 27.1. The molecule has 0 amide bonds. The van der Waals surface area contributed by atoms with Crippen LogP contribution in [0.15, 0.2) is 261 Å². The molecule has 334 valence electrons. The molecule has 4 aliphatic rings. The highest BCUT2D eigenvalue weighted by Gasteiger charge is 2.55. The van der Waals surface area contributed by atoms with Crippen molar-refractivity contribution >= 4 is 28.1 Å². The lowest BCUT2D eigenvalue weighted by atomic mass is 9.70. The number of benzene rings is 11. The molecule has 1 aliphatic heterocycles. The maximum absolute atomic E-state index is 5.55. The number of rotatable bonds is 5. The fourth-order valence-corrected chi connectivity index (χ4v) is 13.5. The Kier molecular flexibility index (Phi) is 8.02. The SMILES string of the molecule is c1ccc(-c2ccc(N(c3cccc(-c4ccc5c(c4)C4(c6ccccc6-c6ccccc64)c4ccccc4-5)c3)c3ccc4c(c3)C3(c5ccccc5-c5ccccc53)c3nc5ccccc5n3-4)cc2)cc1. The summed E-state index contributed by atoms with van der Waals surface area (Å²) in [6, 6.07) is 96.9. The van der Waals surface area contributed by atoms with E-state index in [2.05, 4.69) is 270 Å². The number of imidazole rings is 1. The Balaban J connectivity index is 0.906. The second-order valence-corrected chi connectivity index (χ2v) is 19.7. The van der Waals surface area contributed by atoms with Crippen LogP contribution in [-0.2, 0) is 10.8 Å². The van der Waals surface area contributed by atoms with Crippen LogP contribution >= 0.6 is 0 Å². The molecule has 2 spiro atoms. The molecule has 0 radical (unpaired) electrons. The van der Waals surface area contributed by atoms with Gasteiger partial charge in [0, 0.05) is 22.6 Å². The third kappa shape index (κ3) is 5.06. The minimum Gasteiger partial charge on any atom is -0.310 e. The molecular weight excluding hydrogens is 871 g/mol. The van der Waals surface area contributed by atoms with E-state index in [9.17, 15) is 0 Å². The second kappa shape index (κ2) is 14.6. The second-order valence-electron chi connectivity index (χ2n) is 19.7. The number of hydrogen-bond donors (Lipinski definition) is 0. The molecule has 12 aromatic rings. The molecule has 3 aliphatic carbocycles. The topological polar surface area (TPSA) is 21.1 Å². The van der Waals surface area contributed by atoms with Gasteiger partial charge in [0.1, 0.15) is 11.2 Å². The van der Waals surface area contributed by atoms with E-state index >= 15 is 0 Å². The molecule has 72 heavy (non-hydrogen) atoms. The molecule has 0 atom stereocenters. The highest BCUT2D eigenvalue weighted by molar-refractivity contribution is 5.97. The first-order valence-corrected chi connectivity index (χ1v) is 25.0. The fourth-order valence-electron chi connectivity index (χ4n) is 13.5. The molecule has 3 nitrogen and oxygen atoms in total. The minimum atomic E-state index is -0.627. The standard InChI is InChI=1S/C69H43N3/c1-2-17-44(18-3-1)45-33-36-48(37-34-45)71(50-38-40-65-63(43-50)69(67-70-64-31-14-15-32-66(64)72(65)67)60-29-12-7-23-53(60)54-24-8-13-30-61(54)69)49-20-16-19-46(41-49)47-35-39-56-55-25-6-11-28-59(55)68(62(56)42-47)57-26-9-4-21-51(57)52-22-5-10-27-58(52)68/h1-43H. The normalized spacial score (nSPS) is 14.1. The van der Waals surface area contributed by atoms with Crippen molar-refractivity contribution < 1.29 is 0 Å². The average Bonchev–Trinajstić information content (AvgIpc) is 4.22. The molecule has 0 saturated carbocycles. The van der Waals surface area contributed by atoms with Crippen molar-refractivity contribution in [1.82, 2.24) is 9.55 Å². The van der Waals surface area contributed by atoms with E-state index in [1.165, 1.54) is 89.0 Å². The lowest BCUT2D eigenvalue weighted by Crippen LogP contribution is -2.27. The van der Waals surface area contributed by atoms with E-state index in [0.717, 1.165) is 45.2 Å². The molecule has 0 fully saturated rings. The van der Waals surface area contributed by atoms with Gasteiger partial charge in [0.05, 0.1) is 22.1 Å². The van der Waals surface area contributed by atoms with Crippen LogP contribution < -0.4 is 4.90 Å². The van der Waals surface area contributed by atoms with Crippen LogP contribution in [0.5, 0.6) is 0 Å². The van der Waals surface area contributed by atoms with Gasteiger partial charge < -0.3 is 4.90 Å². The van der Waals surface area contributed by atoms with E-state index in [4.69, 9.17) is 4.98 Å². The number of anilines is 3. The van der Waals surface area contributed by atoms with Crippen LogP contribution in [0.3, 0.4) is 0 Å². The zero-order chi connectivity index (χ0) is 47.1. The first-order chi connectivity index (χ1) is 35.7. The zero-order valence-corrected chi connectivity index (χ0v) is 39.2. The van der Waals surface area contributed by atoms with Crippen LogP contribution in [0.1, 0.15) is 44.8 Å². The molecule has 11 aromatic carbocycles. The predicted octanol–water partition coefficient (Wildman–Crippen LogP) is 16.8. The fraction of sp³-hybridized carbons (Fsp3) is 0.0290. The van der Waals surface area contributed by atoms with Crippen LogP contribution in [-0.4, -0.2) is 9.55 Å². The first kappa shape index (κ1) is 39.5. The van der Waals surface area contributed by atoms with Gasteiger partial charge in [-0.1, -0.05) is 200 Å². The van der Waals surface area contributed by atoms with Gasteiger partial charge in [-0.25, -0.2) is 4.98 Å². The highest BCUT2D eigenvalue weighted by Crippen LogP contribution is 2.64. The lowest BCUT2D eigenvalue weighted by Gasteiger charge is -2.31. The Morgan fingerprint density at radius 2 is 0.750 bits per heavy atom. The van der Waals surface area contributed by atoms with Gasteiger partial charge in [0.2, 0.25) is 0 Å². The van der Waals surface area contributed by atoms with Crippen LogP contribution in [0.2, 0.25) is 0 Å². The van der Waals surface area contributed by atoms with Gasteiger partial charge in [0.15, 0.2) is 0 Å². The first-order valence-electron chi connectivity index (χ1n) is 25.0. The van der Waals surface area contributed by atoms with Crippen LogP contribution in [0.4, 0.5) is 17.1 Å². The van der Waals surface area contributed by atoms with E-state index in [1.807, 2.05) is 0 Å². The zero-order valence-electron chi connectivity index (χ0n) is 39.2. The van der Waals surface area contributed by atoms with Gasteiger partial charge >= 0.3 is 0 Å². The number of para-hydroxylation sites is 2. The Morgan fingerprint density at radius 3 is 1.38 bits per heavy atom. The largest absolute Gasteiger partial charge is 0.310 e. The molecule has 0 N–H and O–H groups in total. The van der Waals surface area contributed by atoms with E-state index in [0.29, 0.717) is 0 Å². The maximum atomic E-state index is 5.55. The van der Waals surface area contributed by atoms with Crippen molar-refractivity contribution in [2.24, 2.45) is 0 Å². The molecule has 0 saturated heterocycles. The molecule has 0 bridgehead atoms. The number of hydrogen-bond acceptors (Lipinski definition) is 2. The van der Waals surface area contributed by atoms with Crippen molar-refractivity contribution in [3.05, 3.63) is 306 Å². The summed E-state index contributed by atoms with van der Waals surface area (Å²) < 4.78 is 2.42. The van der Waals surface area contributed by atoms with Gasteiger partial charge in [-0.3, -0.25) is 4.57 Å². The summed E-state index contributed by atoms with van der Waals surface area (Å²) in [4.78, 5) is 8.00. The molecule has 1 aromatic heterocycles. The average molecular weight is 914 g/mol. The molecule has 2 heterocycles. The number of aromatic nitrogens is 2. The maximum Gasteiger partial charge on any atom is 0.134 e. The van der Waals surface area contributed by atoms with Gasteiger partial charge in [-0.15, -0.1) is 0 Å². The summed E-state index contributed by atoms with van der Waals surface area (Å²) in [7, 11) is 0. The van der Waals surface area contributed by atoms with E-state index < -0.39 is 10.8 Å². The Morgan fingerprint density at radius 1 is 0.292 bits per heavy atom. The molecular formula is C69H43N3. The summed E-state index contributed by atoms with van der Waals surface area (Å²) in [6.07, 6.45) is 0. The summed E-state index contributed by atoms with van der Waals surface area (Å²) >= 11 is 0. The van der Waals surface area contributed by atoms with Gasteiger partial charge in [-0.2, -0.15) is 0 Å². The molecule has 3 heteroatoms. The third-order valence-electron chi connectivity index (χ3n) is 16.4. The molecule has 16 rings (SSSR count). The molecule has 0 unspecified atom stereocenters. The van der Waals surface area contributed by atoms with Crippen molar-refractivity contribution in [3.8, 4) is 61.3 Å². The van der Waals surface area contributed by atoms with Crippen LogP contribution in [0.25, 0.3) is 72.4 Å².